The maximum absolute atomic E-state index is 12.1. The fourth-order valence-electron chi connectivity index (χ4n) is 2.70. The van der Waals surface area contributed by atoms with E-state index in [-0.39, 0.29) is 0 Å². The van der Waals surface area contributed by atoms with Gasteiger partial charge in [-0.1, -0.05) is 0 Å². The van der Waals surface area contributed by atoms with E-state index in [1.165, 1.54) is 24.3 Å². The Hall–Kier alpha value is -0.260. The topological polar surface area (TPSA) is 35.6 Å². The maximum Gasteiger partial charge on any atom is 0.236 e. The van der Waals surface area contributed by atoms with Crippen molar-refractivity contribution in [2.45, 2.75) is 12.8 Å². The molecule has 0 aromatic rings. The Morgan fingerprint density at radius 3 is 2.89 bits per heavy atom. The lowest BCUT2D eigenvalue weighted by Gasteiger charge is -2.31. The van der Waals surface area contributed by atoms with Gasteiger partial charge in [0.25, 0.3) is 0 Å². The molecule has 0 aliphatic carbocycles. The Balaban J connectivity index is 1.68. The summed E-state index contributed by atoms with van der Waals surface area (Å²) in [4.78, 5) is 16.3. The van der Waals surface area contributed by atoms with Crippen LogP contribution in [-0.2, 0) is 4.79 Å². The number of rotatable bonds is 4. The predicted molar refractivity (Wildman–Crippen MR) is 77.0 cm³/mol. The van der Waals surface area contributed by atoms with Gasteiger partial charge in [0.05, 0.1) is 6.54 Å². The lowest BCUT2D eigenvalue weighted by Crippen LogP contribution is -2.49. The fraction of sp³-hybridized carbons (Fsp3) is 0.923. The van der Waals surface area contributed by atoms with Crippen LogP contribution < -0.4 is 5.32 Å². The summed E-state index contributed by atoms with van der Waals surface area (Å²) < 4.78 is 0. The molecule has 2 aliphatic heterocycles. The first-order valence-electron chi connectivity index (χ1n) is 7.00. The van der Waals surface area contributed by atoms with Crippen LogP contribution in [0.25, 0.3) is 0 Å². The van der Waals surface area contributed by atoms with E-state index >= 15 is 0 Å². The standard InChI is InChI=1S/C13H25N3OS/c1-15(9-12-3-2-8-18-11-12)10-13(17)16-6-4-14-5-7-16/h12,14H,2-11H2,1H3. The Kier molecular flexibility index (Phi) is 5.79. The molecule has 104 valence electrons. The molecule has 1 amide bonds. The minimum atomic E-state index is 0.294. The van der Waals surface area contributed by atoms with Crippen LogP contribution in [0.4, 0.5) is 0 Å². The van der Waals surface area contributed by atoms with Gasteiger partial charge in [0.15, 0.2) is 0 Å². The average molecular weight is 271 g/mol. The summed E-state index contributed by atoms with van der Waals surface area (Å²) in [5.41, 5.74) is 0. The largest absolute Gasteiger partial charge is 0.339 e. The molecule has 1 unspecified atom stereocenters. The molecule has 1 atom stereocenters. The second-order valence-electron chi connectivity index (χ2n) is 5.41. The van der Waals surface area contributed by atoms with Crippen molar-refractivity contribution in [3.63, 3.8) is 0 Å². The number of thioether (sulfide) groups is 1. The van der Waals surface area contributed by atoms with Gasteiger partial charge in [-0.25, -0.2) is 0 Å². The van der Waals surface area contributed by atoms with E-state index in [0.717, 1.165) is 38.6 Å². The monoisotopic (exact) mass is 271 g/mol. The summed E-state index contributed by atoms with van der Waals surface area (Å²) in [6.07, 6.45) is 2.67. The van der Waals surface area contributed by atoms with Crippen molar-refractivity contribution in [2.75, 3.05) is 57.8 Å². The van der Waals surface area contributed by atoms with E-state index in [1.807, 2.05) is 4.90 Å². The van der Waals surface area contributed by atoms with Crippen LogP contribution in [0.5, 0.6) is 0 Å². The molecule has 2 heterocycles. The molecule has 2 saturated heterocycles. The number of carbonyl (C=O) groups excluding carboxylic acids is 1. The SMILES string of the molecule is CN(CC(=O)N1CCNCC1)CC1CCCSC1. The van der Waals surface area contributed by atoms with E-state index in [4.69, 9.17) is 0 Å². The zero-order valence-corrected chi connectivity index (χ0v) is 12.2. The van der Waals surface area contributed by atoms with Gasteiger partial charge < -0.3 is 10.2 Å². The smallest absolute Gasteiger partial charge is 0.236 e. The summed E-state index contributed by atoms with van der Waals surface area (Å²) in [5.74, 6) is 3.67. The van der Waals surface area contributed by atoms with Crippen molar-refractivity contribution < 1.29 is 4.79 Å². The van der Waals surface area contributed by atoms with Crippen LogP contribution >= 0.6 is 11.8 Å². The van der Waals surface area contributed by atoms with Crippen molar-refractivity contribution in [1.29, 1.82) is 0 Å². The van der Waals surface area contributed by atoms with Gasteiger partial charge in [-0.3, -0.25) is 9.69 Å². The molecule has 2 aliphatic rings. The molecule has 0 aromatic heterocycles. The number of carbonyl (C=O) groups is 1. The number of likely N-dealkylation sites (N-methyl/N-ethyl adjacent to an activating group) is 1. The van der Waals surface area contributed by atoms with Gasteiger partial charge in [-0.15, -0.1) is 0 Å². The van der Waals surface area contributed by atoms with Crippen molar-refractivity contribution in [1.82, 2.24) is 15.1 Å². The third-order valence-corrected chi connectivity index (χ3v) is 4.98. The van der Waals surface area contributed by atoms with Crippen molar-refractivity contribution in [3.8, 4) is 0 Å². The summed E-state index contributed by atoms with van der Waals surface area (Å²) in [6, 6.07) is 0. The van der Waals surface area contributed by atoms with Crippen LogP contribution in [-0.4, -0.2) is 73.5 Å². The zero-order valence-electron chi connectivity index (χ0n) is 11.4. The predicted octanol–water partition coefficient (Wildman–Crippen LogP) is 0.493. The highest BCUT2D eigenvalue weighted by Gasteiger charge is 2.20. The summed E-state index contributed by atoms with van der Waals surface area (Å²) in [6.45, 7) is 5.27. The van der Waals surface area contributed by atoms with Crippen LogP contribution in [0.2, 0.25) is 0 Å². The quantitative estimate of drug-likeness (QED) is 0.807. The van der Waals surface area contributed by atoms with Gasteiger partial charge in [0, 0.05) is 32.7 Å². The Labute approximate surface area is 114 Å². The van der Waals surface area contributed by atoms with Crippen LogP contribution in [0.15, 0.2) is 0 Å². The Morgan fingerprint density at radius 1 is 1.44 bits per heavy atom. The molecule has 0 aromatic carbocycles. The average Bonchev–Trinajstić information content (AvgIpc) is 2.40. The lowest BCUT2D eigenvalue weighted by molar-refractivity contribution is -0.132. The highest BCUT2D eigenvalue weighted by Crippen LogP contribution is 2.22. The molecule has 0 bridgehead atoms. The van der Waals surface area contributed by atoms with E-state index < -0.39 is 0 Å². The van der Waals surface area contributed by atoms with E-state index in [1.54, 1.807) is 0 Å². The molecule has 1 N–H and O–H groups in total. The third-order valence-electron chi connectivity index (χ3n) is 3.70. The number of hydrogen-bond donors (Lipinski definition) is 1. The van der Waals surface area contributed by atoms with Crippen molar-refractivity contribution in [2.24, 2.45) is 5.92 Å². The first-order chi connectivity index (χ1) is 8.75. The Bertz CT molecular complexity index is 263. The molecule has 2 rings (SSSR count). The van der Waals surface area contributed by atoms with Crippen LogP contribution in [0, 0.1) is 5.92 Å². The van der Waals surface area contributed by atoms with Crippen molar-refractivity contribution >= 4 is 17.7 Å². The lowest BCUT2D eigenvalue weighted by atomic mass is 10.1. The summed E-state index contributed by atoms with van der Waals surface area (Å²) in [5, 5.41) is 3.28. The Morgan fingerprint density at radius 2 is 2.22 bits per heavy atom. The summed E-state index contributed by atoms with van der Waals surface area (Å²) in [7, 11) is 2.08. The number of amides is 1. The van der Waals surface area contributed by atoms with Gasteiger partial charge >= 0.3 is 0 Å². The second-order valence-corrected chi connectivity index (χ2v) is 6.56. The second kappa shape index (κ2) is 7.36. The molecule has 0 radical (unpaired) electrons. The van der Waals surface area contributed by atoms with Crippen LogP contribution in [0.1, 0.15) is 12.8 Å². The first-order valence-corrected chi connectivity index (χ1v) is 8.16. The van der Waals surface area contributed by atoms with Crippen molar-refractivity contribution in [3.05, 3.63) is 0 Å². The van der Waals surface area contributed by atoms with E-state index in [9.17, 15) is 4.79 Å². The van der Waals surface area contributed by atoms with Gasteiger partial charge in [-0.05, 0) is 37.3 Å². The zero-order chi connectivity index (χ0) is 12.8. The summed E-state index contributed by atoms with van der Waals surface area (Å²) >= 11 is 2.06. The van der Waals surface area contributed by atoms with E-state index in [2.05, 4.69) is 29.0 Å². The number of nitrogens with one attached hydrogen (secondary N) is 1. The maximum atomic E-state index is 12.1. The number of nitrogens with zero attached hydrogens (tertiary/aromatic N) is 2. The molecule has 18 heavy (non-hydrogen) atoms. The molecule has 0 saturated carbocycles. The van der Waals surface area contributed by atoms with Gasteiger partial charge in [0.2, 0.25) is 5.91 Å². The number of hydrogen-bond acceptors (Lipinski definition) is 4. The molecule has 5 heteroatoms. The molecular formula is C13H25N3OS. The highest BCUT2D eigenvalue weighted by molar-refractivity contribution is 7.99. The first kappa shape index (κ1) is 14.2. The molecular weight excluding hydrogens is 246 g/mol. The third kappa shape index (κ3) is 4.44. The van der Waals surface area contributed by atoms with E-state index in [0.29, 0.717) is 12.5 Å². The number of piperazine rings is 1. The normalized spacial score (nSPS) is 25.4. The van der Waals surface area contributed by atoms with Crippen LogP contribution in [0.3, 0.4) is 0 Å². The molecule has 4 nitrogen and oxygen atoms in total. The molecule has 2 fully saturated rings. The minimum absolute atomic E-state index is 0.294. The minimum Gasteiger partial charge on any atom is -0.339 e. The fourth-order valence-corrected chi connectivity index (χ4v) is 3.84. The molecule has 0 spiro atoms. The van der Waals surface area contributed by atoms with Gasteiger partial charge in [-0.2, -0.15) is 11.8 Å². The highest BCUT2D eigenvalue weighted by atomic mass is 32.2. The van der Waals surface area contributed by atoms with Gasteiger partial charge in [0.1, 0.15) is 0 Å².